The second-order valence-corrected chi connectivity index (χ2v) is 7.65. The Labute approximate surface area is 129 Å². The second-order valence-electron chi connectivity index (χ2n) is 5.61. The van der Waals surface area contributed by atoms with Gasteiger partial charge < -0.3 is 5.21 Å². The van der Waals surface area contributed by atoms with Gasteiger partial charge in [0.15, 0.2) is 5.69 Å². The van der Waals surface area contributed by atoms with Crippen molar-refractivity contribution in [3.63, 3.8) is 0 Å². The van der Waals surface area contributed by atoms with E-state index in [1.807, 2.05) is 16.8 Å². The molecule has 0 N–H and O–H groups in total. The summed E-state index contributed by atoms with van der Waals surface area (Å²) in [6.07, 6.45) is 3.13. The van der Waals surface area contributed by atoms with Gasteiger partial charge in [-0.05, 0) is 24.4 Å². The Balaban J connectivity index is 1.86. The molecule has 1 aromatic heterocycles. The van der Waals surface area contributed by atoms with Crippen molar-refractivity contribution >= 4 is 39.9 Å². The van der Waals surface area contributed by atoms with E-state index in [-0.39, 0.29) is 10.8 Å². The van der Waals surface area contributed by atoms with E-state index < -0.39 is 10.8 Å². The average Bonchev–Trinajstić information content (AvgIpc) is 2.97. The van der Waals surface area contributed by atoms with Crippen molar-refractivity contribution in [2.45, 2.75) is 18.4 Å². The van der Waals surface area contributed by atoms with E-state index in [9.17, 15) is 9.42 Å². The van der Waals surface area contributed by atoms with Crippen molar-refractivity contribution in [3.05, 3.63) is 16.7 Å². The van der Waals surface area contributed by atoms with Crippen LogP contribution >= 0.6 is 11.6 Å². The van der Waals surface area contributed by atoms with Gasteiger partial charge in [0.05, 0.1) is 6.54 Å². The molecule has 1 aromatic rings. The van der Waals surface area contributed by atoms with E-state index in [1.54, 1.807) is 6.20 Å². The van der Waals surface area contributed by atoms with Crippen LogP contribution in [0.5, 0.6) is 0 Å². The summed E-state index contributed by atoms with van der Waals surface area (Å²) in [6.45, 7) is 0.628. The van der Waals surface area contributed by atoms with E-state index in [0.717, 1.165) is 18.8 Å². The fraction of sp³-hybridized carbons (Fsp3) is 0.583. The zero-order valence-electron chi connectivity index (χ0n) is 11.5. The molecule has 9 heteroatoms. The number of aromatic nitrogens is 2. The van der Waals surface area contributed by atoms with Gasteiger partial charge in [0.2, 0.25) is 0 Å². The molecule has 4 heterocycles. The number of guanidine groups is 1. The van der Waals surface area contributed by atoms with Gasteiger partial charge in [-0.2, -0.15) is 0 Å². The molecule has 1 fully saturated rings. The summed E-state index contributed by atoms with van der Waals surface area (Å²) >= 11 is 5.89. The highest BCUT2D eigenvalue weighted by Crippen LogP contribution is 2.45. The molecule has 21 heavy (non-hydrogen) atoms. The largest absolute Gasteiger partial charge is 0.739 e. The molecule has 1 saturated heterocycles. The maximum absolute atomic E-state index is 12.4. The minimum absolute atomic E-state index is 0.0927. The summed E-state index contributed by atoms with van der Waals surface area (Å²) in [4.78, 5) is 12.4. The van der Waals surface area contributed by atoms with Gasteiger partial charge in [-0.25, -0.2) is 14.6 Å². The highest BCUT2D eigenvalue weighted by Gasteiger charge is 2.56. The molecule has 3 aliphatic heterocycles. The fourth-order valence-electron chi connectivity index (χ4n) is 3.33. The second kappa shape index (κ2) is 4.30. The number of halogens is 1. The quantitative estimate of drug-likeness (QED) is 0.388. The van der Waals surface area contributed by atoms with Crippen molar-refractivity contribution < 1.29 is 8.94 Å². The lowest BCUT2D eigenvalue weighted by atomic mass is 9.91. The summed E-state index contributed by atoms with van der Waals surface area (Å²) in [6, 6.07) is 0. The molecule has 0 aromatic carbocycles. The van der Waals surface area contributed by atoms with Crippen LogP contribution in [0.3, 0.4) is 0 Å². The Bertz CT molecular complexity index is 684. The number of nitrogens with zero attached hydrogens (tertiary/aromatic N) is 5. The molecule has 0 saturated carbocycles. The van der Waals surface area contributed by atoms with Crippen LogP contribution in [-0.4, -0.2) is 45.8 Å². The van der Waals surface area contributed by atoms with Crippen LogP contribution in [0.25, 0.3) is 0 Å². The van der Waals surface area contributed by atoms with Crippen molar-refractivity contribution in [1.82, 2.24) is 4.98 Å². The summed E-state index contributed by atoms with van der Waals surface area (Å²) < 4.78 is 12.3. The molecule has 3 aliphatic rings. The average molecular weight is 328 g/mol. The fourth-order valence-corrected chi connectivity index (χ4v) is 4.88. The summed E-state index contributed by atoms with van der Waals surface area (Å²) in [5.74, 6) is 2.54. The normalized spacial score (nSPS) is 30.6. The number of anilines is 2. The third kappa shape index (κ3) is 1.66. The van der Waals surface area contributed by atoms with Gasteiger partial charge in [0.25, 0.3) is 11.8 Å². The molecule has 0 amide bonds. The molecular weight excluding hydrogens is 314 g/mol. The molecule has 4 rings (SSSR count). The van der Waals surface area contributed by atoms with Crippen LogP contribution in [0.4, 0.5) is 11.5 Å². The maximum atomic E-state index is 12.4. The van der Waals surface area contributed by atoms with Crippen molar-refractivity contribution in [2.75, 3.05) is 34.9 Å². The minimum Gasteiger partial charge on any atom is -0.739 e. The van der Waals surface area contributed by atoms with Gasteiger partial charge in [0.1, 0.15) is 11.7 Å². The van der Waals surface area contributed by atoms with Gasteiger partial charge >= 0.3 is 5.28 Å². The first-order valence-corrected chi connectivity index (χ1v) is 8.62. The number of hydrogen-bond acceptors (Lipinski definition) is 6. The van der Waals surface area contributed by atoms with Gasteiger partial charge in [-0.1, -0.05) is 4.98 Å². The Morgan fingerprint density at radius 2 is 2.19 bits per heavy atom. The Morgan fingerprint density at radius 1 is 1.48 bits per heavy atom. The number of fused-ring (bicyclic) bond motifs is 4. The van der Waals surface area contributed by atoms with Crippen LogP contribution in [0.1, 0.15) is 12.8 Å². The summed E-state index contributed by atoms with van der Waals surface area (Å²) in [5, 5.41) is 12.3. The van der Waals surface area contributed by atoms with E-state index in [1.165, 1.54) is 0 Å². The molecule has 0 unspecified atom stereocenters. The molecule has 0 radical (unpaired) electrons. The third-order valence-electron chi connectivity index (χ3n) is 4.53. The zero-order chi connectivity index (χ0) is 14.8. The lowest BCUT2D eigenvalue weighted by Crippen LogP contribution is -2.56. The lowest BCUT2D eigenvalue weighted by molar-refractivity contribution is -0.592. The monoisotopic (exact) mass is 327 g/mol. The Kier molecular flexibility index (Phi) is 2.71. The molecule has 112 valence electrons. The van der Waals surface area contributed by atoms with Gasteiger partial charge in [-0.3, -0.25) is 9.11 Å². The van der Waals surface area contributed by atoms with Crippen LogP contribution in [0.2, 0.25) is 5.28 Å². The number of hydrogen-bond donors (Lipinski definition) is 0. The van der Waals surface area contributed by atoms with Crippen LogP contribution < -0.4 is 14.5 Å². The standard InChI is InChI=1S/C12H14ClN5O2S/c1-16-8-6-14-10(13)18(19)9(8)17-11(16)15-7-12(17)2-4-21(20)5-3-12/h6H,2-5,7H2,1H3. The van der Waals surface area contributed by atoms with E-state index in [0.29, 0.717) is 34.3 Å². The van der Waals surface area contributed by atoms with Crippen molar-refractivity contribution in [3.8, 4) is 0 Å². The van der Waals surface area contributed by atoms with Crippen molar-refractivity contribution in [1.29, 1.82) is 0 Å². The van der Waals surface area contributed by atoms with Crippen LogP contribution in [0.15, 0.2) is 11.2 Å². The SMILES string of the molecule is CN1C2=NCC3(CCS(=O)CC3)N2c2c1cnc(Cl)[n+]2[O-]. The van der Waals surface area contributed by atoms with Gasteiger partial charge in [0, 0.05) is 29.4 Å². The minimum atomic E-state index is -0.761. The topological polar surface area (TPSA) is 75.7 Å². The first kappa shape index (κ1) is 13.3. The molecule has 0 bridgehead atoms. The highest BCUT2D eigenvalue weighted by molar-refractivity contribution is 7.85. The first-order valence-electron chi connectivity index (χ1n) is 6.75. The predicted molar refractivity (Wildman–Crippen MR) is 81.2 cm³/mol. The zero-order valence-corrected chi connectivity index (χ0v) is 13.0. The van der Waals surface area contributed by atoms with Crippen molar-refractivity contribution in [2.24, 2.45) is 4.99 Å². The van der Waals surface area contributed by atoms with Crippen LogP contribution in [-0.2, 0) is 10.8 Å². The predicted octanol–water partition coefficient (Wildman–Crippen LogP) is 0.275. The van der Waals surface area contributed by atoms with Crippen LogP contribution in [0, 0.1) is 5.21 Å². The molecule has 1 spiro atoms. The number of rotatable bonds is 0. The van der Waals surface area contributed by atoms with E-state index in [4.69, 9.17) is 11.6 Å². The number of aliphatic imine (C=N–C) groups is 1. The molecule has 0 atom stereocenters. The summed E-state index contributed by atoms with van der Waals surface area (Å²) in [5.41, 5.74) is 0.457. The Hall–Kier alpha value is -1.41. The maximum Gasteiger partial charge on any atom is 0.335 e. The lowest BCUT2D eigenvalue weighted by Gasteiger charge is -2.36. The first-order chi connectivity index (χ1) is 10.0. The smallest absolute Gasteiger partial charge is 0.335 e. The molecule has 7 nitrogen and oxygen atoms in total. The molecular formula is C12H14ClN5O2S. The molecule has 0 aliphatic carbocycles. The third-order valence-corrected chi connectivity index (χ3v) is 6.10. The Morgan fingerprint density at radius 3 is 2.90 bits per heavy atom. The van der Waals surface area contributed by atoms with E-state index >= 15 is 0 Å². The van der Waals surface area contributed by atoms with Gasteiger partial charge in [-0.15, -0.1) is 0 Å². The highest BCUT2D eigenvalue weighted by atomic mass is 35.5. The summed E-state index contributed by atoms with van der Waals surface area (Å²) in [7, 11) is 1.11. The van der Waals surface area contributed by atoms with E-state index in [2.05, 4.69) is 9.98 Å².